The molecule has 2 N–H and O–H groups in total. The molecule has 7 nitrogen and oxygen atoms in total. The summed E-state index contributed by atoms with van der Waals surface area (Å²) < 4.78 is 26.7. The van der Waals surface area contributed by atoms with Crippen molar-refractivity contribution in [3.05, 3.63) is 11.4 Å². The first kappa shape index (κ1) is 17.6. The van der Waals surface area contributed by atoms with Crippen LogP contribution in [-0.4, -0.2) is 48.5 Å². The quantitative estimate of drug-likeness (QED) is 0.746. The first-order chi connectivity index (χ1) is 9.84. The smallest absolute Gasteiger partial charge is 0.247 e. The molecule has 0 spiro atoms. The Balaban J connectivity index is 3.01. The van der Waals surface area contributed by atoms with E-state index < -0.39 is 10.0 Å². The van der Waals surface area contributed by atoms with E-state index in [0.717, 1.165) is 6.42 Å². The normalized spacial score (nSPS) is 11.9. The molecule has 0 bridgehead atoms. The van der Waals surface area contributed by atoms with Gasteiger partial charge in [-0.2, -0.15) is 9.40 Å². The van der Waals surface area contributed by atoms with Crippen molar-refractivity contribution in [3.8, 4) is 0 Å². The van der Waals surface area contributed by atoms with Gasteiger partial charge in [-0.05, 0) is 26.7 Å². The van der Waals surface area contributed by atoms with Crippen LogP contribution in [0, 0.1) is 13.8 Å². The molecule has 0 saturated carbocycles. The minimum absolute atomic E-state index is 0.166. The lowest BCUT2D eigenvalue weighted by Gasteiger charge is -2.21. The molecule has 21 heavy (non-hydrogen) atoms. The van der Waals surface area contributed by atoms with E-state index in [2.05, 4.69) is 15.5 Å². The molecule has 1 amide bonds. The van der Waals surface area contributed by atoms with E-state index in [1.54, 1.807) is 13.8 Å². The molecule has 0 aliphatic rings. The van der Waals surface area contributed by atoms with Crippen LogP contribution in [0.3, 0.4) is 0 Å². The molecule has 8 heteroatoms. The van der Waals surface area contributed by atoms with E-state index in [4.69, 9.17) is 0 Å². The van der Waals surface area contributed by atoms with Crippen LogP contribution in [0.25, 0.3) is 0 Å². The summed E-state index contributed by atoms with van der Waals surface area (Å²) in [5.41, 5.74) is 0.908. The predicted molar refractivity (Wildman–Crippen MR) is 80.4 cm³/mol. The third-order valence-corrected chi connectivity index (χ3v) is 5.13. The van der Waals surface area contributed by atoms with Gasteiger partial charge in [0.25, 0.3) is 0 Å². The number of aromatic nitrogens is 2. The molecule has 0 saturated heterocycles. The van der Waals surface area contributed by atoms with Gasteiger partial charge < -0.3 is 5.32 Å². The Labute approximate surface area is 126 Å². The lowest BCUT2D eigenvalue weighted by Crippen LogP contribution is -2.41. The maximum Gasteiger partial charge on any atom is 0.247 e. The van der Waals surface area contributed by atoms with Crippen LogP contribution in [0.2, 0.25) is 0 Å². The largest absolute Gasteiger partial charge is 0.355 e. The molecule has 1 rings (SSSR count). The van der Waals surface area contributed by atoms with Gasteiger partial charge in [-0.15, -0.1) is 0 Å². The van der Waals surface area contributed by atoms with Gasteiger partial charge in [0.05, 0.1) is 17.9 Å². The van der Waals surface area contributed by atoms with Gasteiger partial charge in [0.1, 0.15) is 4.90 Å². The summed E-state index contributed by atoms with van der Waals surface area (Å²) in [5.74, 6) is -0.285. The number of amides is 1. The molecule has 0 radical (unpaired) electrons. The van der Waals surface area contributed by atoms with E-state index in [1.807, 2.05) is 13.8 Å². The number of hydrogen-bond acceptors (Lipinski definition) is 4. The fourth-order valence-electron chi connectivity index (χ4n) is 2.06. The molecule has 1 heterocycles. The van der Waals surface area contributed by atoms with Crippen molar-refractivity contribution in [1.29, 1.82) is 0 Å². The van der Waals surface area contributed by atoms with Crippen molar-refractivity contribution < 1.29 is 13.2 Å². The van der Waals surface area contributed by atoms with Gasteiger partial charge >= 0.3 is 0 Å². The monoisotopic (exact) mass is 316 g/mol. The second-order valence-corrected chi connectivity index (χ2v) is 6.83. The average Bonchev–Trinajstić information content (AvgIpc) is 2.75. The van der Waals surface area contributed by atoms with Crippen molar-refractivity contribution in [3.63, 3.8) is 0 Å². The molecular weight excluding hydrogens is 292 g/mol. The number of rotatable bonds is 8. The van der Waals surface area contributed by atoms with Gasteiger partial charge in [0.2, 0.25) is 15.9 Å². The number of hydrogen-bond donors (Lipinski definition) is 2. The van der Waals surface area contributed by atoms with Crippen molar-refractivity contribution >= 4 is 15.9 Å². The number of H-pyrrole nitrogens is 1. The molecule has 0 aliphatic heterocycles. The summed E-state index contributed by atoms with van der Waals surface area (Å²) in [7, 11) is -3.72. The number of carbonyl (C=O) groups is 1. The van der Waals surface area contributed by atoms with Gasteiger partial charge in [0, 0.05) is 13.1 Å². The van der Waals surface area contributed by atoms with Gasteiger partial charge in [-0.3, -0.25) is 9.89 Å². The second kappa shape index (κ2) is 7.56. The zero-order valence-corrected chi connectivity index (χ0v) is 13.9. The minimum atomic E-state index is -3.72. The Hall–Kier alpha value is -1.41. The third-order valence-electron chi connectivity index (χ3n) is 3.02. The molecule has 0 aliphatic carbocycles. The zero-order chi connectivity index (χ0) is 16.0. The third kappa shape index (κ3) is 4.28. The van der Waals surface area contributed by atoms with Crippen LogP contribution >= 0.6 is 0 Å². The maximum atomic E-state index is 12.7. The highest BCUT2D eigenvalue weighted by molar-refractivity contribution is 7.89. The van der Waals surface area contributed by atoms with Crippen molar-refractivity contribution in [2.75, 3.05) is 19.6 Å². The summed E-state index contributed by atoms with van der Waals surface area (Å²) in [6, 6.07) is 0. The summed E-state index contributed by atoms with van der Waals surface area (Å²) in [6.45, 7) is 7.79. The Kier molecular flexibility index (Phi) is 6.35. The summed E-state index contributed by atoms with van der Waals surface area (Å²) in [5, 5.41) is 9.29. The Morgan fingerprint density at radius 2 is 1.95 bits per heavy atom. The number of sulfonamides is 1. The van der Waals surface area contributed by atoms with Gasteiger partial charge in [0.15, 0.2) is 0 Å². The van der Waals surface area contributed by atoms with Crippen molar-refractivity contribution in [2.45, 2.75) is 45.4 Å². The van der Waals surface area contributed by atoms with E-state index in [0.29, 0.717) is 30.9 Å². The Morgan fingerprint density at radius 1 is 1.29 bits per heavy atom. The number of aryl methyl sites for hydroxylation is 2. The number of aromatic amines is 1. The average molecular weight is 316 g/mol. The highest BCUT2D eigenvalue weighted by atomic mass is 32.2. The molecular formula is C13H24N4O3S. The first-order valence-electron chi connectivity index (χ1n) is 7.13. The predicted octanol–water partition coefficient (Wildman–Crippen LogP) is 0.953. The van der Waals surface area contributed by atoms with Crippen molar-refractivity contribution in [1.82, 2.24) is 19.8 Å². The zero-order valence-electron chi connectivity index (χ0n) is 13.1. The topological polar surface area (TPSA) is 95.2 Å². The molecule has 1 aromatic rings. The van der Waals surface area contributed by atoms with E-state index in [9.17, 15) is 13.2 Å². The first-order valence-corrected chi connectivity index (χ1v) is 8.57. The lowest BCUT2D eigenvalue weighted by atomic mass is 10.4. The molecule has 0 fully saturated rings. The standard InChI is InChI=1S/C13H24N4O3S/c1-5-7-14-12(18)9-17(8-6-2)21(19,20)13-10(3)15-16-11(13)4/h5-9H2,1-4H3,(H,14,18)(H,15,16). The molecule has 0 aromatic carbocycles. The lowest BCUT2D eigenvalue weighted by molar-refractivity contribution is -0.121. The van der Waals surface area contributed by atoms with Crippen LogP contribution in [0.5, 0.6) is 0 Å². The van der Waals surface area contributed by atoms with Gasteiger partial charge in [-0.1, -0.05) is 13.8 Å². The molecule has 0 atom stereocenters. The summed E-state index contributed by atoms with van der Waals surface area (Å²) >= 11 is 0. The van der Waals surface area contributed by atoms with Gasteiger partial charge in [-0.25, -0.2) is 8.42 Å². The number of nitrogens with zero attached hydrogens (tertiary/aromatic N) is 2. The van der Waals surface area contributed by atoms with Crippen LogP contribution in [-0.2, 0) is 14.8 Å². The minimum Gasteiger partial charge on any atom is -0.355 e. The second-order valence-electron chi connectivity index (χ2n) is 4.95. The Morgan fingerprint density at radius 3 is 2.43 bits per heavy atom. The highest BCUT2D eigenvalue weighted by Gasteiger charge is 2.30. The van der Waals surface area contributed by atoms with Crippen LogP contribution < -0.4 is 5.32 Å². The number of nitrogens with one attached hydrogen (secondary N) is 2. The maximum absolute atomic E-state index is 12.7. The van der Waals surface area contributed by atoms with Crippen LogP contribution in [0.1, 0.15) is 38.1 Å². The van der Waals surface area contributed by atoms with Crippen LogP contribution in [0.4, 0.5) is 0 Å². The van der Waals surface area contributed by atoms with E-state index in [-0.39, 0.29) is 17.3 Å². The molecule has 120 valence electrons. The Bertz CT molecular complexity index is 561. The SMILES string of the molecule is CCCNC(=O)CN(CCC)S(=O)(=O)c1c(C)n[nH]c1C. The van der Waals surface area contributed by atoms with Crippen LogP contribution in [0.15, 0.2) is 4.90 Å². The van der Waals surface area contributed by atoms with Crippen molar-refractivity contribution in [2.24, 2.45) is 0 Å². The summed E-state index contributed by atoms with van der Waals surface area (Å²) in [4.78, 5) is 12.0. The van der Waals surface area contributed by atoms with E-state index >= 15 is 0 Å². The summed E-state index contributed by atoms with van der Waals surface area (Å²) in [6.07, 6.45) is 1.45. The highest BCUT2D eigenvalue weighted by Crippen LogP contribution is 2.21. The fraction of sp³-hybridized carbons (Fsp3) is 0.692. The molecule has 1 aromatic heterocycles. The fourth-order valence-corrected chi connectivity index (χ4v) is 3.88. The number of carbonyl (C=O) groups excluding carboxylic acids is 1. The molecule has 0 unspecified atom stereocenters. The van der Waals surface area contributed by atoms with E-state index in [1.165, 1.54) is 4.31 Å².